The van der Waals surface area contributed by atoms with E-state index >= 15 is 0 Å². The number of fused-ring (bicyclic) bond motifs is 1. The van der Waals surface area contributed by atoms with E-state index < -0.39 is 0 Å². The van der Waals surface area contributed by atoms with Crippen LogP contribution in [0.3, 0.4) is 0 Å². The van der Waals surface area contributed by atoms with E-state index in [2.05, 4.69) is 29.1 Å². The number of anilines is 1. The Bertz CT molecular complexity index is 841. The molecule has 0 bridgehead atoms. The van der Waals surface area contributed by atoms with E-state index in [1.807, 2.05) is 31.2 Å². The van der Waals surface area contributed by atoms with Gasteiger partial charge in [0.05, 0.1) is 5.69 Å². The molecule has 1 aliphatic heterocycles. The molecule has 0 spiro atoms. The minimum absolute atomic E-state index is 0.0554. The van der Waals surface area contributed by atoms with Gasteiger partial charge in [-0.1, -0.05) is 26.0 Å². The highest BCUT2D eigenvalue weighted by Crippen LogP contribution is 2.34. The van der Waals surface area contributed by atoms with Crippen molar-refractivity contribution in [2.45, 2.75) is 33.2 Å². The summed E-state index contributed by atoms with van der Waals surface area (Å²) in [5.41, 5.74) is 4.50. The van der Waals surface area contributed by atoms with Gasteiger partial charge in [-0.15, -0.1) is 0 Å². The Labute approximate surface area is 154 Å². The SMILES string of the molecule is CCN(CC)Cc1cc(N=CC2C(=O)Nc3cccc(C)c32)ccc1O. The van der Waals surface area contributed by atoms with Gasteiger partial charge in [-0.3, -0.25) is 14.7 Å². The molecule has 1 heterocycles. The van der Waals surface area contributed by atoms with Crippen LogP contribution in [0.2, 0.25) is 0 Å². The lowest BCUT2D eigenvalue weighted by molar-refractivity contribution is -0.115. The Morgan fingerprint density at radius 2 is 2.00 bits per heavy atom. The lowest BCUT2D eigenvalue weighted by Gasteiger charge is -2.18. The predicted octanol–water partition coefficient (Wildman–Crippen LogP) is 3.98. The van der Waals surface area contributed by atoms with Crippen molar-refractivity contribution in [2.24, 2.45) is 4.99 Å². The lowest BCUT2D eigenvalue weighted by Crippen LogP contribution is -2.22. The van der Waals surface area contributed by atoms with Crippen LogP contribution in [-0.4, -0.2) is 35.2 Å². The molecule has 0 radical (unpaired) electrons. The summed E-state index contributed by atoms with van der Waals surface area (Å²) in [7, 11) is 0. The van der Waals surface area contributed by atoms with Gasteiger partial charge >= 0.3 is 0 Å². The summed E-state index contributed by atoms with van der Waals surface area (Å²) < 4.78 is 0. The lowest BCUT2D eigenvalue weighted by atomic mass is 9.97. The van der Waals surface area contributed by atoms with E-state index in [4.69, 9.17) is 0 Å². The first kappa shape index (κ1) is 18.1. The standard InChI is InChI=1S/C21H25N3O2/c1-4-24(5-2)13-15-11-16(9-10-19(15)25)22-12-17-20-14(3)7-6-8-18(20)23-21(17)26/h6-12,17,25H,4-5,13H2,1-3H3,(H,23,26). The molecule has 1 amide bonds. The topological polar surface area (TPSA) is 64.9 Å². The molecule has 0 saturated heterocycles. The number of benzene rings is 2. The zero-order valence-corrected chi connectivity index (χ0v) is 15.5. The third-order valence-corrected chi connectivity index (χ3v) is 4.90. The van der Waals surface area contributed by atoms with Gasteiger partial charge in [0.1, 0.15) is 11.7 Å². The summed E-state index contributed by atoms with van der Waals surface area (Å²) in [5, 5.41) is 13.0. The van der Waals surface area contributed by atoms with Crippen molar-refractivity contribution < 1.29 is 9.90 Å². The van der Waals surface area contributed by atoms with Crippen LogP contribution in [0.1, 0.15) is 36.5 Å². The normalized spacial score (nSPS) is 16.3. The number of nitrogens with one attached hydrogen (secondary N) is 1. The van der Waals surface area contributed by atoms with Gasteiger partial charge < -0.3 is 10.4 Å². The average Bonchev–Trinajstić information content (AvgIpc) is 2.96. The number of carbonyl (C=O) groups excluding carboxylic acids is 1. The second-order valence-corrected chi connectivity index (χ2v) is 6.56. The summed E-state index contributed by atoms with van der Waals surface area (Å²) in [6.07, 6.45) is 1.70. The van der Waals surface area contributed by atoms with Gasteiger partial charge in [-0.05, 0) is 55.4 Å². The fourth-order valence-corrected chi connectivity index (χ4v) is 3.31. The van der Waals surface area contributed by atoms with E-state index in [0.29, 0.717) is 6.54 Å². The molecule has 5 nitrogen and oxygen atoms in total. The van der Waals surface area contributed by atoms with Crippen molar-refractivity contribution in [1.29, 1.82) is 0 Å². The van der Waals surface area contributed by atoms with Crippen LogP contribution in [0.25, 0.3) is 0 Å². The number of carbonyl (C=O) groups is 1. The molecule has 2 aromatic carbocycles. The monoisotopic (exact) mass is 351 g/mol. The molecule has 2 N–H and O–H groups in total. The van der Waals surface area contributed by atoms with E-state index in [0.717, 1.165) is 41.2 Å². The number of phenolic OH excluding ortho intramolecular Hbond substituents is 1. The summed E-state index contributed by atoms with van der Waals surface area (Å²) in [6.45, 7) is 8.71. The maximum Gasteiger partial charge on any atom is 0.237 e. The second kappa shape index (κ2) is 7.70. The highest BCUT2D eigenvalue weighted by Gasteiger charge is 2.30. The first-order chi connectivity index (χ1) is 12.5. The number of nitrogens with zero attached hydrogens (tertiary/aromatic N) is 2. The van der Waals surface area contributed by atoms with Crippen LogP contribution in [0.4, 0.5) is 11.4 Å². The molecule has 26 heavy (non-hydrogen) atoms. The molecule has 1 aliphatic rings. The Balaban J connectivity index is 1.85. The maximum absolute atomic E-state index is 12.3. The van der Waals surface area contributed by atoms with E-state index in [1.54, 1.807) is 18.3 Å². The number of hydrogen-bond donors (Lipinski definition) is 2. The minimum Gasteiger partial charge on any atom is -0.508 e. The third-order valence-electron chi connectivity index (χ3n) is 4.90. The molecule has 5 heteroatoms. The summed E-state index contributed by atoms with van der Waals surface area (Å²) >= 11 is 0. The van der Waals surface area contributed by atoms with Crippen LogP contribution in [0, 0.1) is 6.92 Å². The van der Waals surface area contributed by atoms with Gasteiger partial charge in [-0.25, -0.2) is 0 Å². The first-order valence-electron chi connectivity index (χ1n) is 9.02. The molecule has 0 aromatic heterocycles. The van der Waals surface area contributed by atoms with Gasteiger partial charge in [0.15, 0.2) is 0 Å². The zero-order valence-electron chi connectivity index (χ0n) is 15.5. The number of aryl methyl sites for hydroxylation is 1. The smallest absolute Gasteiger partial charge is 0.237 e. The number of aliphatic imine (C=N–C) groups is 1. The molecule has 2 aromatic rings. The number of amides is 1. The Kier molecular flexibility index (Phi) is 5.38. The van der Waals surface area contributed by atoms with Gasteiger partial charge in [-0.2, -0.15) is 0 Å². The van der Waals surface area contributed by atoms with Crippen molar-refractivity contribution in [2.75, 3.05) is 18.4 Å². The largest absolute Gasteiger partial charge is 0.508 e. The van der Waals surface area contributed by atoms with Gasteiger partial charge in [0, 0.05) is 24.0 Å². The van der Waals surface area contributed by atoms with Crippen LogP contribution in [-0.2, 0) is 11.3 Å². The fourth-order valence-electron chi connectivity index (χ4n) is 3.31. The average molecular weight is 351 g/mol. The van der Waals surface area contributed by atoms with Gasteiger partial charge in [0.2, 0.25) is 5.91 Å². The highest BCUT2D eigenvalue weighted by atomic mass is 16.3. The molecular formula is C21H25N3O2. The number of rotatable bonds is 6. The van der Waals surface area contributed by atoms with Crippen molar-refractivity contribution in [3.05, 3.63) is 53.1 Å². The van der Waals surface area contributed by atoms with Gasteiger partial charge in [0.25, 0.3) is 0 Å². The van der Waals surface area contributed by atoms with Crippen molar-refractivity contribution in [3.63, 3.8) is 0 Å². The minimum atomic E-state index is -0.383. The van der Waals surface area contributed by atoms with Crippen molar-refractivity contribution in [1.82, 2.24) is 4.90 Å². The first-order valence-corrected chi connectivity index (χ1v) is 9.02. The van der Waals surface area contributed by atoms with E-state index in [1.165, 1.54) is 0 Å². The quantitative estimate of drug-likeness (QED) is 0.774. The molecule has 0 saturated carbocycles. The molecule has 1 unspecified atom stereocenters. The number of phenols is 1. The van der Waals surface area contributed by atoms with Crippen LogP contribution in [0.5, 0.6) is 5.75 Å². The number of aromatic hydroxyl groups is 1. The molecular weight excluding hydrogens is 326 g/mol. The van der Waals surface area contributed by atoms with Crippen LogP contribution >= 0.6 is 0 Å². The summed E-state index contributed by atoms with van der Waals surface area (Å²) in [5.74, 6) is -0.165. The fraction of sp³-hybridized carbons (Fsp3) is 0.333. The molecule has 1 atom stereocenters. The van der Waals surface area contributed by atoms with Crippen molar-refractivity contribution in [3.8, 4) is 5.75 Å². The predicted molar refractivity (Wildman–Crippen MR) is 105 cm³/mol. The summed E-state index contributed by atoms with van der Waals surface area (Å²) in [6, 6.07) is 11.2. The molecule has 0 fully saturated rings. The maximum atomic E-state index is 12.3. The molecule has 3 rings (SSSR count). The third kappa shape index (κ3) is 3.63. The molecule has 136 valence electrons. The van der Waals surface area contributed by atoms with Crippen LogP contribution in [0.15, 0.2) is 41.4 Å². The Hall–Kier alpha value is -2.66. The van der Waals surface area contributed by atoms with Crippen molar-refractivity contribution >= 4 is 23.5 Å². The number of hydrogen-bond acceptors (Lipinski definition) is 4. The Morgan fingerprint density at radius 3 is 2.73 bits per heavy atom. The Morgan fingerprint density at radius 1 is 1.23 bits per heavy atom. The van der Waals surface area contributed by atoms with E-state index in [9.17, 15) is 9.90 Å². The zero-order chi connectivity index (χ0) is 18.7. The second-order valence-electron chi connectivity index (χ2n) is 6.56. The highest BCUT2D eigenvalue weighted by molar-refractivity contribution is 6.13. The van der Waals surface area contributed by atoms with E-state index in [-0.39, 0.29) is 17.6 Å². The summed E-state index contributed by atoms with van der Waals surface area (Å²) in [4.78, 5) is 19.1. The van der Waals surface area contributed by atoms with Crippen LogP contribution < -0.4 is 5.32 Å². The molecule has 0 aliphatic carbocycles.